The highest BCUT2D eigenvalue weighted by molar-refractivity contribution is 7.17. The molecule has 0 spiro atoms. The maximum atomic E-state index is 2.54. The molecule has 0 unspecified atom stereocenters. The van der Waals surface area contributed by atoms with Crippen molar-refractivity contribution in [2.75, 3.05) is 6.54 Å². The number of unbranched alkanes of at least 4 members (excludes halogenated alkanes) is 1. The Kier molecular flexibility index (Phi) is 3.01. The molecule has 0 amide bonds. The van der Waals surface area contributed by atoms with Crippen molar-refractivity contribution in [1.82, 2.24) is 0 Å². The molecule has 1 nitrogen and oxygen atoms in total. The Hall–Kier alpha value is -1.15. The van der Waals surface area contributed by atoms with E-state index in [1.807, 2.05) is 11.3 Å². The smallest absolute Gasteiger partial charge is 0.199 e. The fourth-order valence-electron chi connectivity index (χ4n) is 3.22. The largest absolute Gasteiger partial charge is 0.210 e. The summed E-state index contributed by atoms with van der Waals surface area (Å²) in [6.45, 7) is 10.4. The van der Waals surface area contributed by atoms with Crippen LogP contribution in [-0.4, -0.2) is 16.8 Å². The summed E-state index contributed by atoms with van der Waals surface area (Å²) in [6, 6.07) is 6.89. The van der Waals surface area contributed by atoms with E-state index in [9.17, 15) is 0 Å². The van der Waals surface area contributed by atoms with Gasteiger partial charge in [-0.15, -0.1) is 11.3 Å². The van der Waals surface area contributed by atoms with Gasteiger partial charge in [0.1, 0.15) is 6.54 Å². The Bertz CT molecular complexity index is 661. The fraction of sp³-hybridized carbons (Fsp3) is 0.471. The van der Waals surface area contributed by atoms with Gasteiger partial charge in [0.05, 0.1) is 5.41 Å². The lowest BCUT2D eigenvalue weighted by molar-refractivity contribution is -0.439. The van der Waals surface area contributed by atoms with Crippen LogP contribution in [0.3, 0.4) is 0 Å². The summed E-state index contributed by atoms with van der Waals surface area (Å²) in [7, 11) is 0. The van der Waals surface area contributed by atoms with E-state index < -0.39 is 0 Å². The summed E-state index contributed by atoms with van der Waals surface area (Å²) in [5.41, 5.74) is 4.61. The van der Waals surface area contributed by atoms with Crippen LogP contribution in [0, 0.1) is 0 Å². The number of fused-ring (bicyclic) bond motifs is 3. The van der Waals surface area contributed by atoms with Crippen molar-refractivity contribution in [3.8, 4) is 0 Å². The number of hydrogen-bond donors (Lipinski definition) is 0. The number of rotatable bonds is 3. The third-order valence-electron chi connectivity index (χ3n) is 4.57. The van der Waals surface area contributed by atoms with E-state index in [0.29, 0.717) is 0 Å². The van der Waals surface area contributed by atoms with Crippen molar-refractivity contribution in [3.63, 3.8) is 0 Å². The van der Waals surface area contributed by atoms with E-state index in [0.717, 1.165) is 6.54 Å². The van der Waals surface area contributed by atoms with Gasteiger partial charge >= 0.3 is 0 Å². The first kappa shape index (κ1) is 12.9. The standard InChI is InChI=1S/C17H22NS/c1-5-6-10-18-12(2)17(3,4)16-13-9-11-19-15(13)8-7-14(16)18/h7-9,11H,5-6,10H2,1-4H3/q+1. The first-order valence-corrected chi connectivity index (χ1v) is 8.07. The highest BCUT2D eigenvalue weighted by atomic mass is 32.1. The first-order chi connectivity index (χ1) is 9.07. The summed E-state index contributed by atoms with van der Waals surface area (Å²) < 4.78 is 3.95. The summed E-state index contributed by atoms with van der Waals surface area (Å²) in [5.74, 6) is 0. The zero-order chi connectivity index (χ0) is 13.6. The molecule has 1 aromatic carbocycles. The van der Waals surface area contributed by atoms with Crippen molar-refractivity contribution >= 4 is 32.8 Å². The molecule has 0 aliphatic carbocycles. The lowest BCUT2D eigenvalue weighted by Crippen LogP contribution is -2.26. The van der Waals surface area contributed by atoms with Crippen LogP contribution in [0.2, 0.25) is 0 Å². The molecule has 2 aromatic rings. The van der Waals surface area contributed by atoms with Crippen molar-refractivity contribution in [2.45, 2.75) is 46.0 Å². The van der Waals surface area contributed by atoms with Gasteiger partial charge in [-0.3, -0.25) is 0 Å². The Morgan fingerprint density at radius 3 is 2.74 bits per heavy atom. The van der Waals surface area contributed by atoms with Gasteiger partial charge in [0, 0.05) is 35.1 Å². The van der Waals surface area contributed by atoms with E-state index in [1.165, 1.54) is 39.9 Å². The summed E-state index contributed by atoms with van der Waals surface area (Å²) in [4.78, 5) is 0. The zero-order valence-corrected chi connectivity index (χ0v) is 13.1. The lowest BCUT2D eigenvalue weighted by Gasteiger charge is -2.15. The molecule has 0 saturated heterocycles. The molecule has 2 heteroatoms. The molecule has 0 bridgehead atoms. The van der Waals surface area contributed by atoms with Gasteiger partial charge in [-0.2, -0.15) is 4.58 Å². The van der Waals surface area contributed by atoms with Crippen LogP contribution in [0.5, 0.6) is 0 Å². The molecule has 3 rings (SSSR count). The van der Waals surface area contributed by atoms with Gasteiger partial charge in [-0.25, -0.2) is 0 Å². The van der Waals surface area contributed by atoms with Gasteiger partial charge in [0.15, 0.2) is 5.71 Å². The van der Waals surface area contributed by atoms with Crippen LogP contribution in [0.1, 0.15) is 46.1 Å². The molecule has 0 radical (unpaired) electrons. The molecule has 1 aliphatic heterocycles. The van der Waals surface area contributed by atoms with Gasteiger partial charge in [0.25, 0.3) is 0 Å². The second-order valence-electron chi connectivity index (χ2n) is 6.01. The van der Waals surface area contributed by atoms with E-state index in [4.69, 9.17) is 0 Å². The van der Waals surface area contributed by atoms with Gasteiger partial charge in [-0.05, 0) is 31.4 Å². The van der Waals surface area contributed by atoms with Crippen LogP contribution < -0.4 is 0 Å². The average molecular weight is 272 g/mol. The van der Waals surface area contributed by atoms with Crippen molar-refractivity contribution in [3.05, 3.63) is 29.1 Å². The minimum atomic E-state index is 0.156. The third-order valence-corrected chi connectivity index (χ3v) is 5.46. The molecule has 19 heavy (non-hydrogen) atoms. The summed E-state index contributed by atoms with van der Waals surface area (Å²) in [5, 5.41) is 3.66. The van der Waals surface area contributed by atoms with Gasteiger partial charge < -0.3 is 0 Å². The number of nitrogens with zero attached hydrogens (tertiary/aromatic N) is 1. The lowest BCUT2D eigenvalue weighted by atomic mass is 9.81. The number of benzene rings is 1. The topological polar surface area (TPSA) is 3.01 Å². The second-order valence-corrected chi connectivity index (χ2v) is 6.96. The molecule has 0 N–H and O–H groups in total. The predicted octanol–water partition coefficient (Wildman–Crippen LogP) is 5.10. The Balaban J connectivity index is 2.23. The maximum Gasteiger partial charge on any atom is 0.210 e. The number of hydrogen-bond acceptors (Lipinski definition) is 1. The Morgan fingerprint density at radius 1 is 1.21 bits per heavy atom. The van der Waals surface area contributed by atoms with E-state index in [-0.39, 0.29) is 5.41 Å². The van der Waals surface area contributed by atoms with Crippen molar-refractivity contribution in [2.24, 2.45) is 0 Å². The van der Waals surface area contributed by atoms with Crippen LogP contribution in [0.25, 0.3) is 10.1 Å². The van der Waals surface area contributed by atoms with Crippen molar-refractivity contribution < 1.29 is 4.58 Å². The quantitative estimate of drug-likeness (QED) is 0.684. The monoisotopic (exact) mass is 272 g/mol. The highest BCUT2D eigenvalue weighted by Crippen LogP contribution is 2.44. The SMILES string of the molecule is CCCC[N+]1=C(C)C(C)(C)c2c1ccc1sccc21. The molecule has 0 fully saturated rings. The third kappa shape index (κ3) is 1.77. The van der Waals surface area contributed by atoms with E-state index in [1.54, 1.807) is 0 Å². The molecule has 0 saturated carbocycles. The highest BCUT2D eigenvalue weighted by Gasteiger charge is 2.43. The fourth-order valence-corrected chi connectivity index (χ4v) is 4.01. The molecule has 100 valence electrons. The van der Waals surface area contributed by atoms with Crippen LogP contribution in [-0.2, 0) is 5.41 Å². The Morgan fingerprint density at radius 2 is 2.00 bits per heavy atom. The summed E-state index contributed by atoms with van der Waals surface area (Å²) in [6.07, 6.45) is 2.51. The normalized spacial score (nSPS) is 17.3. The van der Waals surface area contributed by atoms with Crippen LogP contribution >= 0.6 is 11.3 Å². The molecule has 1 aromatic heterocycles. The number of thiophene rings is 1. The van der Waals surface area contributed by atoms with Crippen LogP contribution in [0.4, 0.5) is 5.69 Å². The summed E-state index contributed by atoms with van der Waals surface area (Å²) >= 11 is 1.85. The molecule has 0 atom stereocenters. The second kappa shape index (κ2) is 4.45. The Labute approximate surface area is 119 Å². The average Bonchev–Trinajstić information content (AvgIpc) is 2.91. The minimum absolute atomic E-state index is 0.156. The van der Waals surface area contributed by atoms with E-state index >= 15 is 0 Å². The minimum Gasteiger partial charge on any atom is -0.199 e. The van der Waals surface area contributed by atoms with Crippen LogP contribution in [0.15, 0.2) is 23.6 Å². The maximum absolute atomic E-state index is 2.54. The first-order valence-electron chi connectivity index (χ1n) is 7.19. The van der Waals surface area contributed by atoms with Gasteiger partial charge in [-0.1, -0.05) is 13.3 Å². The molecular formula is C17H22NS+. The van der Waals surface area contributed by atoms with E-state index in [2.05, 4.69) is 55.8 Å². The molecule has 2 heterocycles. The molecular weight excluding hydrogens is 250 g/mol. The van der Waals surface area contributed by atoms with Crippen molar-refractivity contribution in [1.29, 1.82) is 0 Å². The zero-order valence-electron chi connectivity index (χ0n) is 12.3. The predicted molar refractivity (Wildman–Crippen MR) is 85.2 cm³/mol. The molecule has 1 aliphatic rings. The van der Waals surface area contributed by atoms with Gasteiger partial charge in [0.2, 0.25) is 5.69 Å².